The minimum Gasteiger partial charge on any atom is -0.456 e. The highest BCUT2D eigenvalue weighted by atomic mass is 16.3. The summed E-state index contributed by atoms with van der Waals surface area (Å²) in [5, 5.41) is 13.0. The van der Waals surface area contributed by atoms with Crippen molar-refractivity contribution >= 4 is 5.91 Å². The number of carbonyl (C=O) groups excluding carboxylic acids is 1. The molecule has 1 aromatic carbocycles. The van der Waals surface area contributed by atoms with Crippen molar-refractivity contribution in [2.75, 3.05) is 6.54 Å². The van der Waals surface area contributed by atoms with Gasteiger partial charge in [-0.15, -0.1) is 0 Å². The van der Waals surface area contributed by atoms with E-state index in [1.807, 2.05) is 37.3 Å². The lowest BCUT2D eigenvalue weighted by Crippen LogP contribution is -2.43. The lowest BCUT2D eigenvalue weighted by Gasteiger charge is -2.33. The van der Waals surface area contributed by atoms with Crippen LogP contribution < -0.4 is 5.32 Å². The molecule has 2 aromatic rings. The third kappa shape index (κ3) is 3.98. The Bertz CT molecular complexity index is 618. The number of aliphatic hydroxyl groups is 1. The number of rotatable bonds is 6. The molecule has 118 valence electrons. The average Bonchev–Trinajstić information content (AvgIpc) is 2.92. The molecule has 0 aliphatic heterocycles. The van der Waals surface area contributed by atoms with E-state index in [-0.39, 0.29) is 5.91 Å². The molecule has 0 radical (unpaired) electrons. The highest BCUT2D eigenvalue weighted by Gasteiger charge is 2.31. The van der Waals surface area contributed by atoms with Crippen LogP contribution >= 0.6 is 0 Å². The summed E-state index contributed by atoms with van der Waals surface area (Å²) in [6.45, 7) is 5.90. The SMILES string of the molecule is Cc1ccc(C(=O)NCC(C)(Cc2ccccc2)C(C)O)o1. The van der Waals surface area contributed by atoms with Crippen LogP contribution in [-0.2, 0) is 6.42 Å². The Morgan fingerprint density at radius 3 is 2.50 bits per heavy atom. The van der Waals surface area contributed by atoms with E-state index >= 15 is 0 Å². The molecule has 0 bridgehead atoms. The van der Waals surface area contributed by atoms with Crippen LogP contribution in [0.5, 0.6) is 0 Å². The predicted octanol–water partition coefficient (Wildman–Crippen LogP) is 2.95. The van der Waals surface area contributed by atoms with Gasteiger partial charge >= 0.3 is 0 Å². The number of aliphatic hydroxyl groups excluding tert-OH is 1. The van der Waals surface area contributed by atoms with Crippen molar-refractivity contribution in [2.24, 2.45) is 5.41 Å². The number of hydrogen-bond donors (Lipinski definition) is 2. The second kappa shape index (κ2) is 6.79. The standard InChI is InChI=1S/C18H23NO3/c1-13-9-10-16(22-13)17(21)19-12-18(3,14(2)20)11-15-7-5-4-6-8-15/h4-10,14,20H,11-12H2,1-3H3,(H,19,21). The summed E-state index contributed by atoms with van der Waals surface area (Å²) in [5.74, 6) is 0.742. The molecule has 1 aromatic heterocycles. The number of benzene rings is 1. The number of nitrogens with one attached hydrogen (secondary N) is 1. The largest absolute Gasteiger partial charge is 0.456 e. The van der Waals surface area contributed by atoms with Crippen molar-refractivity contribution in [3.8, 4) is 0 Å². The Morgan fingerprint density at radius 1 is 1.27 bits per heavy atom. The van der Waals surface area contributed by atoms with Crippen LogP contribution in [0.25, 0.3) is 0 Å². The first-order valence-electron chi connectivity index (χ1n) is 7.47. The Hall–Kier alpha value is -2.07. The van der Waals surface area contributed by atoms with E-state index < -0.39 is 11.5 Å². The molecule has 0 fully saturated rings. The number of amides is 1. The van der Waals surface area contributed by atoms with Crippen LogP contribution in [0.1, 0.15) is 35.7 Å². The molecule has 0 aliphatic carbocycles. The average molecular weight is 301 g/mol. The summed E-state index contributed by atoms with van der Waals surface area (Å²) in [7, 11) is 0. The monoisotopic (exact) mass is 301 g/mol. The third-order valence-electron chi connectivity index (χ3n) is 4.08. The van der Waals surface area contributed by atoms with Crippen LogP contribution in [-0.4, -0.2) is 23.7 Å². The van der Waals surface area contributed by atoms with E-state index in [4.69, 9.17) is 4.42 Å². The topological polar surface area (TPSA) is 62.5 Å². The quantitative estimate of drug-likeness (QED) is 0.862. The zero-order valence-electron chi connectivity index (χ0n) is 13.3. The Kier molecular flexibility index (Phi) is 5.03. The zero-order valence-corrected chi connectivity index (χ0v) is 13.3. The first-order chi connectivity index (χ1) is 10.4. The summed E-state index contributed by atoms with van der Waals surface area (Å²) in [5.41, 5.74) is 0.688. The van der Waals surface area contributed by atoms with E-state index in [0.29, 0.717) is 24.5 Å². The van der Waals surface area contributed by atoms with E-state index in [1.165, 1.54) is 0 Å². The lowest BCUT2D eigenvalue weighted by molar-refractivity contribution is 0.0495. The number of carbonyl (C=O) groups is 1. The summed E-state index contributed by atoms with van der Waals surface area (Å²) >= 11 is 0. The van der Waals surface area contributed by atoms with Crippen molar-refractivity contribution in [1.82, 2.24) is 5.32 Å². The Morgan fingerprint density at radius 2 is 1.95 bits per heavy atom. The molecule has 22 heavy (non-hydrogen) atoms. The molecule has 0 aliphatic rings. The van der Waals surface area contributed by atoms with Gasteiger partial charge in [0, 0.05) is 12.0 Å². The highest BCUT2D eigenvalue weighted by molar-refractivity contribution is 5.91. The van der Waals surface area contributed by atoms with Gasteiger partial charge in [0.15, 0.2) is 5.76 Å². The van der Waals surface area contributed by atoms with Gasteiger partial charge in [-0.2, -0.15) is 0 Å². The van der Waals surface area contributed by atoms with Crippen molar-refractivity contribution < 1.29 is 14.3 Å². The summed E-state index contributed by atoms with van der Waals surface area (Å²) in [6.07, 6.45) is 0.134. The molecule has 2 rings (SSSR count). The second-order valence-electron chi connectivity index (χ2n) is 6.09. The van der Waals surface area contributed by atoms with Crippen LogP contribution in [0.3, 0.4) is 0 Å². The fourth-order valence-corrected chi connectivity index (χ4v) is 2.35. The number of furan rings is 1. The van der Waals surface area contributed by atoms with Crippen molar-refractivity contribution in [3.63, 3.8) is 0 Å². The van der Waals surface area contributed by atoms with Crippen molar-refractivity contribution in [1.29, 1.82) is 0 Å². The summed E-state index contributed by atoms with van der Waals surface area (Å²) in [4.78, 5) is 12.1. The maximum absolute atomic E-state index is 12.1. The van der Waals surface area contributed by atoms with Crippen LogP contribution in [0, 0.1) is 12.3 Å². The Balaban J connectivity index is 2.03. The van der Waals surface area contributed by atoms with Gasteiger partial charge in [-0.05, 0) is 38.0 Å². The highest BCUT2D eigenvalue weighted by Crippen LogP contribution is 2.26. The van der Waals surface area contributed by atoms with Gasteiger partial charge in [-0.25, -0.2) is 0 Å². The minimum atomic E-state index is -0.550. The van der Waals surface area contributed by atoms with E-state index in [9.17, 15) is 9.90 Å². The second-order valence-corrected chi connectivity index (χ2v) is 6.09. The van der Waals surface area contributed by atoms with Crippen LogP contribution in [0.15, 0.2) is 46.9 Å². The molecule has 2 N–H and O–H groups in total. The maximum Gasteiger partial charge on any atom is 0.287 e. The molecular formula is C18H23NO3. The summed E-state index contributed by atoms with van der Waals surface area (Å²) < 4.78 is 5.31. The lowest BCUT2D eigenvalue weighted by atomic mass is 9.79. The minimum absolute atomic E-state index is 0.256. The Labute approximate surface area is 131 Å². The molecule has 0 spiro atoms. The molecule has 2 unspecified atom stereocenters. The van der Waals surface area contributed by atoms with E-state index in [0.717, 1.165) is 5.56 Å². The van der Waals surface area contributed by atoms with Gasteiger partial charge in [0.25, 0.3) is 5.91 Å². The normalized spacial score (nSPS) is 15.1. The number of hydrogen-bond acceptors (Lipinski definition) is 3. The van der Waals surface area contributed by atoms with Gasteiger partial charge in [0.05, 0.1) is 6.10 Å². The van der Waals surface area contributed by atoms with Crippen molar-refractivity contribution in [2.45, 2.75) is 33.3 Å². The maximum atomic E-state index is 12.1. The fraction of sp³-hybridized carbons (Fsp3) is 0.389. The molecule has 0 saturated heterocycles. The van der Waals surface area contributed by atoms with E-state index in [1.54, 1.807) is 26.0 Å². The molecule has 2 atom stereocenters. The third-order valence-corrected chi connectivity index (χ3v) is 4.08. The fourth-order valence-electron chi connectivity index (χ4n) is 2.35. The molecule has 1 amide bonds. The molecule has 4 heteroatoms. The van der Waals surface area contributed by atoms with Gasteiger partial charge in [0.1, 0.15) is 5.76 Å². The molecule has 1 heterocycles. The smallest absolute Gasteiger partial charge is 0.287 e. The molecular weight excluding hydrogens is 278 g/mol. The van der Waals surface area contributed by atoms with Crippen LogP contribution in [0.2, 0.25) is 0 Å². The van der Waals surface area contributed by atoms with Gasteiger partial charge in [-0.3, -0.25) is 4.79 Å². The van der Waals surface area contributed by atoms with Crippen molar-refractivity contribution in [3.05, 3.63) is 59.5 Å². The first kappa shape index (κ1) is 16.3. The van der Waals surface area contributed by atoms with E-state index in [2.05, 4.69) is 5.32 Å². The van der Waals surface area contributed by atoms with Gasteiger partial charge < -0.3 is 14.8 Å². The zero-order chi connectivity index (χ0) is 16.2. The van der Waals surface area contributed by atoms with Crippen LogP contribution in [0.4, 0.5) is 0 Å². The van der Waals surface area contributed by atoms with Gasteiger partial charge in [-0.1, -0.05) is 37.3 Å². The number of aryl methyl sites for hydroxylation is 1. The predicted molar refractivity (Wildman–Crippen MR) is 85.7 cm³/mol. The molecule has 0 saturated carbocycles. The molecule has 4 nitrogen and oxygen atoms in total. The summed E-state index contributed by atoms with van der Waals surface area (Å²) in [6, 6.07) is 13.4. The first-order valence-corrected chi connectivity index (χ1v) is 7.47. The van der Waals surface area contributed by atoms with Gasteiger partial charge in [0.2, 0.25) is 0 Å².